The molecule has 1 aromatic heterocycles. The van der Waals surface area contributed by atoms with Gasteiger partial charge in [-0.05, 0) is 44.9 Å². The maximum atomic E-state index is 11.9. The third-order valence-corrected chi connectivity index (χ3v) is 3.02. The zero-order chi connectivity index (χ0) is 13.2. The first-order valence-corrected chi connectivity index (χ1v) is 6.33. The summed E-state index contributed by atoms with van der Waals surface area (Å²) in [5, 5.41) is 0. The molecular formula is C14H20N2O2. The Morgan fingerprint density at radius 1 is 1.39 bits per heavy atom. The van der Waals surface area contributed by atoms with Gasteiger partial charge in [0.1, 0.15) is 5.60 Å². The Morgan fingerprint density at radius 2 is 2.06 bits per heavy atom. The normalized spacial score (nSPS) is 19.9. The second-order valence-corrected chi connectivity index (χ2v) is 5.69. The summed E-state index contributed by atoms with van der Waals surface area (Å²) in [6.45, 7) is 7.17. The van der Waals surface area contributed by atoms with Gasteiger partial charge in [0, 0.05) is 31.4 Å². The number of hydrogen-bond acceptors (Lipinski definition) is 3. The lowest BCUT2D eigenvalue weighted by atomic mass is 10.00. The molecule has 2 rings (SSSR count). The topological polar surface area (TPSA) is 42.4 Å². The Morgan fingerprint density at radius 3 is 2.67 bits per heavy atom. The number of aromatic nitrogens is 1. The monoisotopic (exact) mass is 248 g/mol. The quantitative estimate of drug-likeness (QED) is 0.767. The van der Waals surface area contributed by atoms with E-state index in [1.165, 1.54) is 5.56 Å². The standard InChI is InChI=1S/C14H20N2O2/c1-14(2,3)18-13(17)16-9-6-12(10-16)11-4-7-15-8-5-11/h4-5,7-8,12H,6,9-10H2,1-3H3. The van der Waals surface area contributed by atoms with Gasteiger partial charge >= 0.3 is 6.09 Å². The molecule has 4 nitrogen and oxygen atoms in total. The minimum absolute atomic E-state index is 0.209. The summed E-state index contributed by atoms with van der Waals surface area (Å²) >= 11 is 0. The van der Waals surface area contributed by atoms with Gasteiger partial charge < -0.3 is 9.64 Å². The molecule has 0 spiro atoms. The highest BCUT2D eigenvalue weighted by molar-refractivity contribution is 5.68. The molecule has 1 saturated heterocycles. The van der Waals surface area contributed by atoms with E-state index >= 15 is 0 Å². The Bertz CT molecular complexity index is 412. The minimum atomic E-state index is -0.425. The van der Waals surface area contributed by atoms with Gasteiger partial charge in [-0.15, -0.1) is 0 Å². The molecule has 18 heavy (non-hydrogen) atoms. The fourth-order valence-electron chi connectivity index (χ4n) is 2.16. The zero-order valence-corrected chi connectivity index (χ0v) is 11.2. The van der Waals surface area contributed by atoms with Crippen molar-refractivity contribution in [3.63, 3.8) is 0 Å². The average molecular weight is 248 g/mol. The van der Waals surface area contributed by atoms with Crippen LogP contribution in [-0.4, -0.2) is 34.7 Å². The third-order valence-electron chi connectivity index (χ3n) is 3.02. The van der Waals surface area contributed by atoms with Crippen LogP contribution in [0, 0.1) is 0 Å². The molecule has 0 bridgehead atoms. The highest BCUT2D eigenvalue weighted by Gasteiger charge is 2.30. The lowest BCUT2D eigenvalue weighted by Crippen LogP contribution is -2.35. The van der Waals surface area contributed by atoms with Crippen molar-refractivity contribution < 1.29 is 9.53 Å². The number of ether oxygens (including phenoxy) is 1. The van der Waals surface area contributed by atoms with E-state index in [1.807, 2.05) is 32.9 Å². The number of hydrogen-bond donors (Lipinski definition) is 0. The van der Waals surface area contributed by atoms with Crippen molar-refractivity contribution in [2.24, 2.45) is 0 Å². The Labute approximate surface area is 108 Å². The SMILES string of the molecule is CC(C)(C)OC(=O)N1CCC(c2ccncc2)C1. The number of carbonyl (C=O) groups is 1. The molecule has 0 radical (unpaired) electrons. The lowest BCUT2D eigenvalue weighted by Gasteiger charge is -2.24. The van der Waals surface area contributed by atoms with Crippen LogP contribution < -0.4 is 0 Å². The number of likely N-dealkylation sites (tertiary alicyclic amines) is 1. The van der Waals surface area contributed by atoms with Crippen LogP contribution in [0.15, 0.2) is 24.5 Å². The number of pyridine rings is 1. The molecule has 1 atom stereocenters. The Balaban J connectivity index is 1.95. The molecule has 0 N–H and O–H groups in total. The molecule has 0 saturated carbocycles. The molecule has 1 aliphatic heterocycles. The molecule has 0 aromatic carbocycles. The van der Waals surface area contributed by atoms with E-state index in [2.05, 4.69) is 4.98 Å². The van der Waals surface area contributed by atoms with Gasteiger partial charge in [-0.1, -0.05) is 0 Å². The van der Waals surface area contributed by atoms with Crippen molar-refractivity contribution in [2.75, 3.05) is 13.1 Å². The van der Waals surface area contributed by atoms with Crippen LogP contribution in [0.25, 0.3) is 0 Å². The van der Waals surface area contributed by atoms with E-state index in [0.29, 0.717) is 5.92 Å². The first-order valence-electron chi connectivity index (χ1n) is 6.33. The second kappa shape index (κ2) is 4.96. The van der Waals surface area contributed by atoms with Gasteiger partial charge in [-0.2, -0.15) is 0 Å². The molecule has 1 aromatic rings. The smallest absolute Gasteiger partial charge is 0.410 e. The molecule has 0 aliphatic carbocycles. The van der Waals surface area contributed by atoms with Gasteiger partial charge in [0.25, 0.3) is 0 Å². The van der Waals surface area contributed by atoms with E-state index in [0.717, 1.165) is 19.5 Å². The van der Waals surface area contributed by atoms with Crippen LogP contribution in [0.1, 0.15) is 38.7 Å². The first kappa shape index (κ1) is 12.9. The summed E-state index contributed by atoms with van der Waals surface area (Å²) in [6, 6.07) is 4.03. The number of rotatable bonds is 1. The molecule has 2 heterocycles. The van der Waals surface area contributed by atoms with E-state index in [1.54, 1.807) is 17.3 Å². The van der Waals surface area contributed by atoms with Crippen molar-refractivity contribution in [1.82, 2.24) is 9.88 Å². The summed E-state index contributed by atoms with van der Waals surface area (Å²) in [5.74, 6) is 0.403. The molecule has 1 unspecified atom stereocenters. The van der Waals surface area contributed by atoms with E-state index in [9.17, 15) is 4.79 Å². The molecule has 1 aliphatic rings. The van der Waals surface area contributed by atoms with E-state index < -0.39 is 5.60 Å². The predicted octanol–water partition coefficient (Wildman–Crippen LogP) is 2.81. The fourth-order valence-corrected chi connectivity index (χ4v) is 2.16. The predicted molar refractivity (Wildman–Crippen MR) is 69.4 cm³/mol. The molecular weight excluding hydrogens is 228 g/mol. The van der Waals surface area contributed by atoms with Crippen molar-refractivity contribution in [3.05, 3.63) is 30.1 Å². The maximum absolute atomic E-state index is 11.9. The average Bonchev–Trinajstić information content (AvgIpc) is 2.77. The third kappa shape index (κ3) is 3.22. The highest BCUT2D eigenvalue weighted by atomic mass is 16.6. The van der Waals surface area contributed by atoms with Gasteiger partial charge in [0.05, 0.1) is 0 Å². The van der Waals surface area contributed by atoms with Crippen LogP contribution in [0.3, 0.4) is 0 Å². The van der Waals surface area contributed by atoms with Crippen molar-refractivity contribution in [2.45, 2.75) is 38.7 Å². The Hall–Kier alpha value is -1.58. The summed E-state index contributed by atoms with van der Waals surface area (Å²) in [5.41, 5.74) is 0.822. The molecule has 4 heteroatoms. The van der Waals surface area contributed by atoms with Crippen LogP contribution in [0.2, 0.25) is 0 Å². The number of carbonyl (C=O) groups excluding carboxylic acids is 1. The van der Waals surface area contributed by atoms with E-state index in [4.69, 9.17) is 4.74 Å². The van der Waals surface area contributed by atoms with Crippen LogP contribution >= 0.6 is 0 Å². The largest absolute Gasteiger partial charge is 0.444 e. The van der Waals surface area contributed by atoms with Crippen molar-refractivity contribution >= 4 is 6.09 Å². The van der Waals surface area contributed by atoms with Crippen molar-refractivity contribution in [3.8, 4) is 0 Å². The van der Waals surface area contributed by atoms with Gasteiger partial charge in [0.2, 0.25) is 0 Å². The molecule has 98 valence electrons. The molecule has 1 fully saturated rings. The lowest BCUT2D eigenvalue weighted by molar-refractivity contribution is 0.0292. The number of amides is 1. The summed E-state index contributed by atoms with van der Waals surface area (Å²) in [7, 11) is 0. The van der Waals surface area contributed by atoms with Crippen LogP contribution in [-0.2, 0) is 4.74 Å². The minimum Gasteiger partial charge on any atom is -0.444 e. The summed E-state index contributed by atoms with van der Waals surface area (Å²) in [6.07, 6.45) is 4.37. The summed E-state index contributed by atoms with van der Waals surface area (Å²) < 4.78 is 5.38. The Kier molecular flexibility index (Phi) is 3.55. The van der Waals surface area contributed by atoms with Crippen LogP contribution in [0.4, 0.5) is 4.79 Å². The van der Waals surface area contributed by atoms with Gasteiger partial charge in [0.15, 0.2) is 0 Å². The van der Waals surface area contributed by atoms with Gasteiger partial charge in [-0.25, -0.2) is 4.79 Å². The van der Waals surface area contributed by atoms with Gasteiger partial charge in [-0.3, -0.25) is 4.98 Å². The summed E-state index contributed by atoms with van der Waals surface area (Å²) in [4.78, 5) is 17.7. The zero-order valence-electron chi connectivity index (χ0n) is 11.2. The van der Waals surface area contributed by atoms with Crippen molar-refractivity contribution in [1.29, 1.82) is 0 Å². The van der Waals surface area contributed by atoms with E-state index in [-0.39, 0.29) is 6.09 Å². The first-order chi connectivity index (χ1) is 8.46. The maximum Gasteiger partial charge on any atom is 0.410 e. The second-order valence-electron chi connectivity index (χ2n) is 5.69. The molecule has 1 amide bonds. The number of nitrogens with zero attached hydrogens (tertiary/aromatic N) is 2. The fraction of sp³-hybridized carbons (Fsp3) is 0.571. The van der Waals surface area contributed by atoms with Crippen LogP contribution in [0.5, 0.6) is 0 Å². The highest BCUT2D eigenvalue weighted by Crippen LogP contribution is 2.27.